The molecule has 0 saturated carbocycles. The van der Waals surface area contributed by atoms with E-state index in [0.717, 1.165) is 0 Å². The maximum absolute atomic E-state index is 12.2. The Morgan fingerprint density at radius 2 is 2.00 bits per heavy atom. The van der Waals surface area contributed by atoms with Crippen LogP contribution in [0.1, 0.15) is 70.4 Å². The molecule has 0 aliphatic heterocycles. The molecule has 0 unspecified atom stereocenters. The van der Waals surface area contributed by atoms with E-state index >= 15 is 0 Å². The predicted molar refractivity (Wildman–Crippen MR) is 103 cm³/mol. The normalized spacial score (nSPS) is 13.1. The molecule has 0 radical (unpaired) electrons. The number of halogens is 1. The number of hydrogen-bond donors (Lipinski definition) is 1. The van der Waals surface area contributed by atoms with E-state index in [0.29, 0.717) is 29.8 Å². The van der Waals surface area contributed by atoms with Crippen LogP contribution in [-0.2, 0) is 9.53 Å². The third kappa shape index (κ3) is 5.66. The lowest BCUT2D eigenvalue weighted by Crippen LogP contribution is -2.25. The van der Waals surface area contributed by atoms with Crippen LogP contribution >= 0.6 is 11.6 Å². The zero-order valence-corrected chi connectivity index (χ0v) is 17.1. The van der Waals surface area contributed by atoms with Crippen LogP contribution in [0.15, 0.2) is 12.3 Å². The first-order valence-electron chi connectivity index (χ1n) is 8.96. The minimum absolute atomic E-state index is 0.0502. The van der Waals surface area contributed by atoms with Crippen LogP contribution in [0.2, 0.25) is 5.28 Å². The minimum Gasteiger partial charge on any atom is -0.477 e. The third-order valence-electron chi connectivity index (χ3n) is 3.98. The molecule has 27 heavy (non-hydrogen) atoms. The Morgan fingerprint density at radius 1 is 1.33 bits per heavy atom. The van der Waals surface area contributed by atoms with Gasteiger partial charge in [0.1, 0.15) is 16.9 Å². The van der Waals surface area contributed by atoms with Crippen molar-refractivity contribution in [3.63, 3.8) is 0 Å². The summed E-state index contributed by atoms with van der Waals surface area (Å²) in [6.07, 6.45) is 2.83. The van der Waals surface area contributed by atoms with Crippen molar-refractivity contribution in [1.82, 2.24) is 14.5 Å². The molecule has 2 aromatic heterocycles. The molecule has 1 N–H and O–H groups in total. The first-order valence-corrected chi connectivity index (χ1v) is 9.34. The second kappa shape index (κ2) is 8.25. The summed E-state index contributed by atoms with van der Waals surface area (Å²) >= 11 is 5.93. The molecule has 1 atom stereocenters. The van der Waals surface area contributed by atoms with Gasteiger partial charge in [-0.15, -0.1) is 0 Å². The van der Waals surface area contributed by atoms with E-state index in [4.69, 9.17) is 16.3 Å². The van der Waals surface area contributed by atoms with Crippen molar-refractivity contribution in [3.8, 4) is 0 Å². The maximum Gasteiger partial charge on any atom is 0.352 e. The fraction of sp³-hybridized carbons (Fsp3) is 0.579. The van der Waals surface area contributed by atoms with Crippen molar-refractivity contribution < 1.29 is 19.4 Å². The molecule has 8 heteroatoms. The summed E-state index contributed by atoms with van der Waals surface area (Å²) in [5.74, 6) is -1.07. The van der Waals surface area contributed by atoms with Crippen LogP contribution in [0.5, 0.6) is 0 Å². The van der Waals surface area contributed by atoms with E-state index in [2.05, 4.69) is 23.8 Å². The number of carboxylic acid groups (broad SMARTS) is 1. The zero-order chi connectivity index (χ0) is 20.4. The Balaban J connectivity index is 2.41. The summed E-state index contributed by atoms with van der Waals surface area (Å²) in [5.41, 5.74) is 0.0104. The summed E-state index contributed by atoms with van der Waals surface area (Å²) in [7, 11) is 0. The average Bonchev–Trinajstić information content (AvgIpc) is 2.88. The topological polar surface area (TPSA) is 94.3 Å². The molecule has 2 heterocycles. The molecule has 148 valence electrons. The summed E-state index contributed by atoms with van der Waals surface area (Å²) < 4.78 is 7.05. The summed E-state index contributed by atoms with van der Waals surface area (Å²) in [5, 5.41) is 10.3. The van der Waals surface area contributed by atoms with Gasteiger partial charge in [0.25, 0.3) is 0 Å². The van der Waals surface area contributed by atoms with Crippen LogP contribution in [-0.4, -0.2) is 37.2 Å². The predicted octanol–water partition coefficient (Wildman–Crippen LogP) is 4.49. The van der Waals surface area contributed by atoms with Crippen molar-refractivity contribution in [2.75, 3.05) is 0 Å². The number of hydrogen-bond acceptors (Lipinski definition) is 5. The SMILES string of the molecule is CC(C)C[C@@H](CCC(=O)OC(C)(C)C)n1c(C(=O)O)cc2cnc(Cl)nc21. The maximum atomic E-state index is 12.2. The zero-order valence-electron chi connectivity index (χ0n) is 16.3. The lowest BCUT2D eigenvalue weighted by molar-refractivity contribution is -0.155. The number of fused-ring (bicyclic) bond motifs is 1. The lowest BCUT2D eigenvalue weighted by atomic mass is 9.99. The Bertz CT molecular complexity index is 839. The molecular weight excluding hydrogens is 370 g/mol. The van der Waals surface area contributed by atoms with E-state index in [9.17, 15) is 14.7 Å². The van der Waals surface area contributed by atoms with Crippen molar-refractivity contribution in [2.24, 2.45) is 5.92 Å². The molecule has 2 rings (SSSR count). The molecule has 0 saturated heterocycles. The molecule has 0 aliphatic rings. The smallest absolute Gasteiger partial charge is 0.352 e. The van der Waals surface area contributed by atoms with Gasteiger partial charge in [-0.05, 0) is 57.2 Å². The number of carboxylic acids is 1. The Hall–Kier alpha value is -2.15. The van der Waals surface area contributed by atoms with Crippen LogP contribution in [0, 0.1) is 5.92 Å². The first kappa shape index (κ1) is 21.2. The monoisotopic (exact) mass is 395 g/mol. The van der Waals surface area contributed by atoms with E-state index in [1.807, 2.05) is 20.8 Å². The standard InChI is InChI=1S/C19H26ClN3O4/c1-11(2)8-13(6-7-15(24)27-19(3,4)5)23-14(17(25)26)9-12-10-21-18(20)22-16(12)23/h9-11,13H,6-8H2,1-5H3,(H,25,26)/t13-/m1/s1. The number of nitrogens with zero attached hydrogens (tertiary/aromatic N) is 3. The average molecular weight is 396 g/mol. The van der Waals surface area contributed by atoms with Crippen LogP contribution in [0.4, 0.5) is 0 Å². The van der Waals surface area contributed by atoms with Crippen LogP contribution in [0.25, 0.3) is 11.0 Å². The fourth-order valence-electron chi connectivity index (χ4n) is 3.09. The third-order valence-corrected chi connectivity index (χ3v) is 4.16. The van der Waals surface area contributed by atoms with E-state index < -0.39 is 11.6 Å². The van der Waals surface area contributed by atoms with Gasteiger partial charge >= 0.3 is 11.9 Å². The fourth-order valence-corrected chi connectivity index (χ4v) is 3.22. The molecule has 0 bridgehead atoms. The highest BCUT2D eigenvalue weighted by atomic mass is 35.5. The quantitative estimate of drug-likeness (QED) is 0.548. The van der Waals surface area contributed by atoms with E-state index in [1.165, 1.54) is 12.3 Å². The van der Waals surface area contributed by atoms with Gasteiger partial charge < -0.3 is 14.4 Å². The first-order chi connectivity index (χ1) is 12.5. The summed E-state index contributed by atoms with van der Waals surface area (Å²) in [6.45, 7) is 9.55. The molecule has 0 amide bonds. The number of carbonyl (C=O) groups is 2. The Labute approximate surface area is 163 Å². The summed E-state index contributed by atoms with van der Waals surface area (Å²) in [4.78, 5) is 32.1. The molecule has 0 spiro atoms. The van der Waals surface area contributed by atoms with Gasteiger partial charge in [0, 0.05) is 24.0 Å². The number of ether oxygens (including phenoxy) is 1. The van der Waals surface area contributed by atoms with Gasteiger partial charge in [-0.25, -0.2) is 9.78 Å². The van der Waals surface area contributed by atoms with Gasteiger partial charge in [0.15, 0.2) is 0 Å². The number of esters is 1. The van der Waals surface area contributed by atoms with Gasteiger partial charge in [0.05, 0.1) is 0 Å². The van der Waals surface area contributed by atoms with Crippen LogP contribution < -0.4 is 0 Å². The van der Waals surface area contributed by atoms with Crippen molar-refractivity contribution >= 4 is 34.6 Å². The van der Waals surface area contributed by atoms with Gasteiger partial charge in [-0.3, -0.25) is 4.79 Å². The largest absolute Gasteiger partial charge is 0.477 e. The number of rotatable bonds is 7. The van der Waals surface area contributed by atoms with Gasteiger partial charge in [-0.2, -0.15) is 4.98 Å². The van der Waals surface area contributed by atoms with E-state index in [-0.39, 0.29) is 29.4 Å². The molecule has 0 aromatic carbocycles. The molecule has 2 aromatic rings. The van der Waals surface area contributed by atoms with Crippen LogP contribution in [0.3, 0.4) is 0 Å². The highest BCUT2D eigenvalue weighted by Crippen LogP contribution is 2.31. The second-order valence-corrected chi connectivity index (χ2v) is 8.37. The number of aromatic nitrogens is 3. The van der Waals surface area contributed by atoms with Crippen molar-refractivity contribution in [2.45, 2.75) is 65.5 Å². The molecular formula is C19H26ClN3O4. The van der Waals surface area contributed by atoms with Crippen molar-refractivity contribution in [1.29, 1.82) is 0 Å². The summed E-state index contributed by atoms with van der Waals surface area (Å²) in [6, 6.07) is 1.31. The highest BCUT2D eigenvalue weighted by Gasteiger charge is 2.25. The Morgan fingerprint density at radius 3 is 2.56 bits per heavy atom. The van der Waals surface area contributed by atoms with Gasteiger partial charge in [0.2, 0.25) is 5.28 Å². The highest BCUT2D eigenvalue weighted by molar-refractivity contribution is 6.28. The Kier molecular flexibility index (Phi) is 6.46. The second-order valence-electron chi connectivity index (χ2n) is 8.03. The minimum atomic E-state index is -1.06. The number of aromatic carboxylic acids is 1. The molecule has 0 aliphatic carbocycles. The van der Waals surface area contributed by atoms with E-state index in [1.54, 1.807) is 4.57 Å². The lowest BCUT2D eigenvalue weighted by Gasteiger charge is -2.24. The number of carbonyl (C=O) groups excluding carboxylic acids is 1. The molecule has 7 nitrogen and oxygen atoms in total. The van der Waals surface area contributed by atoms with Gasteiger partial charge in [-0.1, -0.05) is 13.8 Å². The van der Waals surface area contributed by atoms with Crippen molar-refractivity contribution in [3.05, 3.63) is 23.2 Å². The molecule has 0 fully saturated rings.